The second-order valence-corrected chi connectivity index (χ2v) is 5.67. The topological polar surface area (TPSA) is 29.5 Å². The molecule has 134 valence electrons. The van der Waals surface area contributed by atoms with Crippen molar-refractivity contribution in [1.82, 2.24) is 0 Å². The van der Waals surface area contributed by atoms with Gasteiger partial charge in [-0.1, -0.05) is 0 Å². The van der Waals surface area contributed by atoms with E-state index in [-0.39, 0.29) is 11.3 Å². The first kappa shape index (κ1) is 18.4. The van der Waals surface area contributed by atoms with E-state index in [0.29, 0.717) is 4.90 Å². The molecule has 1 saturated heterocycles. The monoisotopic (exact) mass is 355 g/mol. The normalized spacial score (nSPS) is 20.8. The van der Waals surface area contributed by atoms with Crippen molar-refractivity contribution in [3.63, 3.8) is 0 Å². The molecule has 1 unspecified atom stereocenters. The fourth-order valence-corrected chi connectivity index (χ4v) is 2.79. The Labute approximate surface area is 134 Å². The van der Waals surface area contributed by atoms with E-state index in [4.69, 9.17) is 0 Å². The SMILES string of the molecule is COC(=O)c1c(C)cc(N2CCC(F)(F)CC2C(F)(F)F)cc1F. The fraction of sp³-hybridized carbons (Fsp3) is 0.533. The van der Waals surface area contributed by atoms with Crippen LogP contribution in [-0.2, 0) is 4.74 Å². The molecule has 9 heteroatoms. The van der Waals surface area contributed by atoms with E-state index in [2.05, 4.69) is 4.74 Å². The summed E-state index contributed by atoms with van der Waals surface area (Å²) >= 11 is 0. The van der Waals surface area contributed by atoms with E-state index in [1.54, 1.807) is 0 Å². The largest absolute Gasteiger partial charge is 0.465 e. The predicted octanol–water partition coefficient (Wildman–Crippen LogP) is 4.09. The number of ether oxygens (including phenoxy) is 1. The quantitative estimate of drug-likeness (QED) is 0.591. The van der Waals surface area contributed by atoms with Crippen LogP contribution >= 0.6 is 0 Å². The Bertz CT molecular complexity index is 620. The smallest absolute Gasteiger partial charge is 0.408 e. The summed E-state index contributed by atoms with van der Waals surface area (Å²) in [7, 11) is 1.04. The van der Waals surface area contributed by atoms with E-state index in [1.807, 2.05) is 0 Å². The van der Waals surface area contributed by atoms with Crippen LogP contribution in [0.3, 0.4) is 0 Å². The number of rotatable bonds is 2. The molecule has 0 bridgehead atoms. The summed E-state index contributed by atoms with van der Waals surface area (Å²) in [6.45, 7) is 0.758. The van der Waals surface area contributed by atoms with E-state index in [0.717, 1.165) is 19.2 Å². The van der Waals surface area contributed by atoms with Gasteiger partial charge >= 0.3 is 12.1 Å². The zero-order chi connectivity index (χ0) is 18.3. The molecule has 0 aliphatic carbocycles. The fourth-order valence-electron chi connectivity index (χ4n) is 2.79. The molecular formula is C15H15F6NO2. The second kappa shape index (κ2) is 6.18. The van der Waals surface area contributed by atoms with Crippen molar-refractivity contribution in [2.24, 2.45) is 0 Å². The van der Waals surface area contributed by atoms with Gasteiger partial charge < -0.3 is 9.64 Å². The number of anilines is 1. The van der Waals surface area contributed by atoms with Gasteiger partial charge in [-0.15, -0.1) is 0 Å². The number of alkyl halides is 5. The Morgan fingerprint density at radius 2 is 1.96 bits per heavy atom. The van der Waals surface area contributed by atoms with Crippen LogP contribution in [0.1, 0.15) is 28.8 Å². The zero-order valence-corrected chi connectivity index (χ0v) is 12.9. The van der Waals surface area contributed by atoms with Gasteiger partial charge in [0.1, 0.15) is 11.9 Å². The number of nitrogens with zero attached hydrogens (tertiary/aromatic N) is 1. The van der Waals surface area contributed by atoms with Crippen LogP contribution in [0.25, 0.3) is 0 Å². The van der Waals surface area contributed by atoms with Crippen molar-refractivity contribution in [3.8, 4) is 0 Å². The Morgan fingerprint density at radius 3 is 2.46 bits per heavy atom. The molecule has 24 heavy (non-hydrogen) atoms. The van der Waals surface area contributed by atoms with Gasteiger partial charge in [-0.05, 0) is 24.6 Å². The number of benzene rings is 1. The number of esters is 1. The number of piperidine rings is 1. The van der Waals surface area contributed by atoms with Crippen molar-refractivity contribution < 1.29 is 35.9 Å². The molecule has 1 heterocycles. The number of carbonyl (C=O) groups excluding carboxylic acids is 1. The third kappa shape index (κ3) is 3.59. The average Bonchev–Trinajstić information content (AvgIpc) is 2.44. The van der Waals surface area contributed by atoms with E-state index in [9.17, 15) is 31.1 Å². The van der Waals surface area contributed by atoms with Crippen LogP contribution in [0.5, 0.6) is 0 Å². The standard InChI is InChI=1S/C15H15F6NO2/c1-8-5-9(6-10(16)12(8)13(23)24-2)22-4-3-14(17,18)7-11(22)15(19,20)21/h5-6,11H,3-4,7H2,1-2H3. The molecule has 0 aromatic heterocycles. The van der Waals surface area contributed by atoms with Crippen molar-refractivity contribution in [2.45, 2.75) is 37.9 Å². The lowest BCUT2D eigenvalue weighted by molar-refractivity contribution is -0.175. The first-order valence-electron chi connectivity index (χ1n) is 7.06. The van der Waals surface area contributed by atoms with Gasteiger partial charge in [0.05, 0.1) is 12.7 Å². The predicted molar refractivity (Wildman–Crippen MR) is 73.8 cm³/mol. The molecule has 0 spiro atoms. The van der Waals surface area contributed by atoms with Crippen molar-refractivity contribution in [2.75, 3.05) is 18.6 Å². The van der Waals surface area contributed by atoms with Crippen molar-refractivity contribution in [1.29, 1.82) is 0 Å². The lowest BCUT2D eigenvalue weighted by Gasteiger charge is -2.41. The van der Waals surface area contributed by atoms with Gasteiger partial charge in [0.15, 0.2) is 0 Å². The summed E-state index contributed by atoms with van der Waals surface area (Å²) in [6.07, 6.45) is -7.05. The minimum atomic E-state index is -4.89. The molecule has 1 aliphatic heterocycles. The molecule has 1 atom stereocenters. The maximum atomic E-state index is 14.1. The van der Waals surface area contributed by atoms with Gasteiger partial charge in [0.2, 0.25) is 0 Å². The Morgan fingerprint density at radius 1 is 1.33 bits per heavy atom. The van der Waals surface area contributed by atoms with Crippen LogP contribution in [0, 0.1) is 12.7 Å². The van der Waals surface area contributed by atoms with Crippen LogP contribution < -0.4 is 4.90 Å². The van der Waals surface area contributed by atoms with Crippen molar-refractivity contribution in [3.05, 3.63) is 29.1 Å². The highest BCUT2D eigenvalue weighted by atomic mass is 19.4. The second-order valence-electron chi connectivity index (χ2n) is 5.67. The first-order chi connectivity index (χ1) is 11.0. The van der Waals surface area contributed by atoms with Gasteiger partial charge in [0, 0.05) is 25.1 Å². The van der Waals surface area contributed by atoms with Crippen LogP contribution in [0.15, 0.2) is 12.1 Å². The van der Waals surface area contributed by atoms with Gasteiger partial charge in [0.25, 0.3) is 5.92 Å². The molecule has 0 amide bonds. The molecule has 0 saturated carbocycles. The molecule has 0 N–H and O–H groups in total. The highest BCUT2D eigenvalue weighted by Crippen LogP contribution is 2.41. The third-order valence-corrected chi connectivity index (χ3v) is 3.96. The average molecular weight is 355 g/mol. The lowest BCUT2D eigenvalue weighted by Crippen LogP contribution is -2.54. The number of methoxy groups -OCH3 is 1. The molecule has 1 fully saturated rings. The lowest BCUT2D eigenvalue weighted by atomic mass is 9.96. The molecular weight excluding hydrogens is 340 g/mol. The number of carbonyl (C=O) groups is 1. The summed E-state index contributed by atoms with van der Waals surface area (Å²) < 4.78 is 84.7. The van der Waals surface area contributed by atoms with Crippen LogP contribution in [-0.4, -0.2) is 37.8 Å². The number of hydrogen-bond donors (Lipinski definition) is 0. The van der Waals surface area contributed by atoms with Gasteiger partial charge in [-0.25, -0.2) is 18.0 Å². The van der Waals surface area contributed by atoms with Gasteiger partial charge in [-0.2, -0.15) is 13.2 Å². The zero-order valence-electron chi connectivity index (χ0n) is 12.9. The van der Waals surface area contributed by atoms with E-state index >= 15 is 0 Å². The van der Waals surface area contributed by atoms with Crippen LogP contribution in [0.2, 0.25) is 0 Å². The minimum Gasteiger partial charge on any atom is -0.465 e. The summed E-state index contributed by atoms with van der Waals surface area (Å²) in [5, 5.41) is 0. The maximum Gasteiger partial charge on any atom is 0.408 e. The minimum absolute atomic E-state index is 0.0649. The molecule has 2 rings (SSSR count). The van der Waals surface area contributed by atoms with Crippen molar-refractivity contribution >= 4 is 11.7 Å². The third-order valence-electron chi connectivity index (χ3n) is 3.96. The molecule has 3 nitrogen and oxygen atoms in total. The maximum absolute atomic E-state index is 14.1. The van der Waals surface area contributed by atoms with Gasteiger partial charge in [-0.3, -0.25) is 0 Å². The van der Waals surface area contributed by atoms with E-state index < -0.39 is 54.9 Å². The molecule has 0 radical (unpaired) electrons. The number of halogens is 6. The summed E-state index contributed by atoms with van der Waals surface area (Å²) in [5.74, 6) is -5.46. The molecule has 1 aliphatic rings. The Hall–Kier alpha value is -1.93. The van der Waals surface area contributed by atoms with E-state index in [1.165, 1.54) is 6.92 Å². The Balaban J connectivity index is 2.44. The highest BCUT2D eigenvalue weighted by Gasteiger charge is 2.52. The van der Waals surface area contributed by atoms with Crippen LogP contribution in [0.4, 0.5) is 32.0 Å². The molecule has 1 aromatic carbocycles. The summed E-state index contributed by atoms with van der Waals surface area (Å²) in [5.41, 5.74) is -0.530. The Kier molecular flexibility index (Phi) is 4.74. The summed E-state index contributed by atoms with van der Waals surface area (Å²) in [6, 6.07) is -0.525. The first-order valence-corrected chi connectivity index (χ1v) is 7.06. The summed E-state index contributed by atoms with van der Waals surface area (Å²) in [4.78, 5) is 12.2. The molecule has 1 aromatic rings. The highest BCUT2D eigenvalue weighted by molar-refractivity contribution is 5.91. The number of hydrogen-bond acceptors (Lipinski definition) is 3. The number of aryl methyl sites for hydroxylation is 1.